The number of allylic oxidation sites excluding steroid dienone is 6. The van der Waals surface area contributed by atoms with Crippen LogP contribution >= 0.6 is 7.82 Å². The zero-order valence-electron chi connectivity index (χ0n) is 33.7. The molecule has 0 bridgehead atoms. The van der Waals surface area contributed by atoms with Gasteiger partial charge in [-0.05, 0) is 70.6 Å². The van der Waals surface area contributed by atoms with E-state index in [1.165, 1.54) is 96.3 Å². The first-order valence-corrected chi connectivity index (χ1v) is 22.7. The number of phosphoric ester groups is 1. The summed E-state index contributed by atoms with van der Waals surface area (Å²) in [5, 5.41) is 0. The summed E-state index contributed by atoms with van der Waals surface area (Å²) in [5.41, 5.74) is 0. The van der Waals surface area contributed by atoms with E-state index >= 15 is 0 Å². The van der Waals surface area contributed by atoms with Crippen molar-refractivity contribution in [1.29, 1.82) is 0 Å². The second kappa shape index (κ2) is 39.0. The van der Waals surface area contributed by atoms with Crippen molar-refractivity contribution in [2.45, 2.75) is 206 Å². The summed E-state index contributed by atoms with van der Waals surface area (Å²) in [5.74, 6) is -0.820. The van der Waals surface area contributed by atoms with E-state index in [1.54, 1.807) is 0 Å². The molecule has 0 amide bonds. The van der Waals surface area contributed by atoms with E-state index in [0.717, 1.165) is 77.7 Å². The number of phosphoric acid groups is 1. The van der Waals surface area contributed by atoms with Crippen LogP contribution < -0.4 is 0 Å². The maximum absolute atomic E-state index is 12.5. The fourth-order valence-corrected chi connectivity index (χ4v) is 6.26. The summed E-state index contributed by atoms with van der Waals surface area (Å²) in [6.07, 6.45) is 44.7. The minimum atomic E-state index is -4.26. The number of ether oxygens (including phenoxy) is 2. The predicted octanol–water partition coefficient (Wildman–Crippen LogP) is 13.2. The van der Waals surface area contributed by atoms with Crippen molar-refractivity contribution in [3.63, 3.8) is 0 Å². The van der Waals surface area contributed by atoms with Gasteiger partial charge >= 0.3 is 19.8 Å². The Bertz CT molecular complexity index is 947. The van der Waals surface area contributed by atoms with Crippen molar-refractivity contribution in [3.8, 4) is 0 Å². The third-order valence-corrected chi connectivity index (χ3v) is 10.0. The zero-order chi connectivity index (χ0) is 38.2. The van der Waals surface area contributed by atoms with Crippen LogP contribution in [-0.2, 0) is 32.7 Å². The highest BCUT2D eigenvalue weighted by Crippen LogP contribution is 2.42. The van der Waals surface area contributed by atoms with Gasteiger partial charge < -0.3 is 14.4 Å². The van der Waals surface area contributed by atoms with E-state index < -0.39 is 26.5 Å². The van der Waals surface area contributed by atoms with Crippen LogP contribution in [0.1, 0.15) is 200 Å². The number of esters is 2. The normalized spacial score (nSPS) is 13.7. The third-order valence-electron chi connectivity index (χ3n) is 9.11. The molecular formula is C43H79O8P. The molecule has 0 aliphatic carbocycles. The Hall–Kier alpha value is -1.73. The fourth-order valence-electron chi connectivity index (χ4n) is 5.80. The first-order chi connectivity index (χ1) is 25.3. The Balaban J connectivity index is 4.03. The Morgan fingerprint density at radius 1 is 0.538 bits per heavy atom. The van der Waals surface area contributed by atoms with Crippen LogP contribution in [0.5, 0.6) is 0 Å². The lowest BCUT2D eigenvalue weighted by atomic mass is 10.1. The summed E-state index contributed by atoms with van der Waals surface area (Å²) in [7, 11) is -3.20. The third kappa shape index (κ3) is 38.0. The topological polar surface area (TPSA) is 108 Å². The number of unbranched alkanes of at least 4 members (excludes halogenated alkanes) is 22. The monoisotopic (exact) mass is 755 g/mol. The van der Waals surface area contributed by atoms with E-state index in [2.05, 4.69) is 54.8 Å². The largest absolute Gasteiger partial charge is 0.472 e. The molecule has 0 radical (unpaired) electrons. The van der Waals surface area contributed by atoms with Crippen molar-refractivity contribution in [3.05, 3.63) is 36.5 Å². The summed E-state index contributed by atoms with van der Waals surface area (Å²) in [6.45, 7) is 3.86. The van der Waals surface area contributed by atoms with Gasteiger partial charge in [-0.3, -0.25) is 18.6 Å². The maximum Gasteiger partial charge on any atom is 0.472 e. The molecule has 2 unspecified atom stereocenters. The molecule has 0 heterocycles. The van der Waals surface area contributed by atoms with Crippen molar-refractivity contribution in [1.82, 2.24) is 0 Å². The number of hydrogen-bond acceptors (Lipinski definition) is 7. The molecule has 0 saturated carbocycles. The Labute approximate surface area is 319 Å². The standard InChI is InChI=1S/C43H79O8P/c1-4-6-8-10-12-14-16-18-20-21-22-24-26-28-30-32-34-36-38-43(45)51-41(40-50-52(46,47)48-3)39-49-42(44)37-35-33-31-29-27-25-23-19-17-15-13-11-9-7-5-2/h14,16,19-21,23,41H,4-13,15,17-18,22,24-40H2,1-3H3,(H,46,47)/b16-14-,21-20-,23-19-. The Morgan fingerprint density at radius 2 is 0.923 bits per heavy atom. The molecular weight excluding hydrogens is 675 g/mol. The molecule has 0 saturated heterocycles. The molecule has 0 aromatic rings. The van der Waals surface area contributed by atoms with Gasteiger partial charge in [0.1, 0.15) is 6.61 Å². The van der Waals surface area contributed by atoms with E-state index in [0.29, 0.717) is 6.42 Å². The van der Waals surface area contributed by atoms with Crippen LogP contribution in [0.2, 0.25) is 0 Å². The lowest BCUT2D eigenvalue weighted by Crippen LogP contribution is -2.29. The molecule has 0 aromatic heterocycles. The average Bonchev–Trinajstić information content (AvgIpc) is 3.13. The molecule has 0 aliphatic rings. The summed E-state index contributed by atoms with van der Waals surface area (Å²) >= 11 is 0. The summed E-state index contributed by atoms with van der Waals surface area (Å²) in [6, 6.07) is 0. The Kier molecular flexibility index (Phi) is 37.7. The first kappa shape index (κ1) is 50.3. The molecule has 0 aromatic carbocycles. The van der Waals surface area contributed by atoms with Crippen LogP contribution in [0, 0.1) is 0 Å². The van der Waals surface area contributed by atoms with Crippen molar-refractivity contribution in [2.75, 3.05) is 20.3 Å². The molecule has 9 heteroatoms. The van der Waals surface area contributed by atoms with Gasteiger partial charge in [0, 0.05) is 20.0 Å². The second-order valence-electron chi connectivity index (χ2n) is 14.1. The Morgan fingerprint density at radius 3 is 1.38 bits per heavy atom. The first-order valence-electron chi connectivity index (χ1n) is 21.2. The average molecular weight is 755 g/mol. The molecule has 0 rings (SSSR count). The summed E-state index contributed by atoms with van der Waals surface area (Å²) < 4.78 is 32.0. The van der Waals surface area contributed by atoms with E-state index in [-0.39, 0.29) is 25.4 Å². The van der Waals surface area contributed by atoms with Gasteiger partial charge in [0.25, 0.3) is 0 Å². The number of carbonyl (C=O) groups excluding carboxylic acids is 2. The van der Waals surface area contributed by atoms with Gasteiger partial charge in [-0.25, -0.2) is 4.57 Å². The molecule has 0 spiro atoms. The van der Waals surface area contributed by atoms with Crippen LogP contribution in [-0.4, -0.2) is 43.3 Å². The fraction of sp³-hybridized carbons (Fsp3) is 0.814. The quantitative estimate of drug-likeness (QED) is 0.0286. The van der Waals surface area contributed by atoms with Crippen molar-refractivity contribution in [2.24, 2.45) is 0 Å². The van der Waals surface area contributed by atoms with Crippen LogP contribution in [0.3, 0.4) is 0 Å². The summed E-state index contributed by atoms with van der Waals surface area (Å²) in [4.78, 5) is 34.4. The van der Waals surface area contributed by atoms with Crippen LogP contribution in [0.25, 0.3) is 0 Å². The number of carbonyl (C=O) groups is 2. The smallest absolute Gasteiger partial charge is 0.462 e. The molecule has 52 heavy (non-hydrogen) atoms. The highest BCUT2D eigenvalue weighted by Gasteiger charge is 2.24. The van der Waals surface area contributed by atoms with E-state index in [1.807, 2.05) is 0 Å². The lowest BCUT2D eigenvalue weighted by molar-refractivity contribution is -0.161. The predicted molar refractivity (Wildman–Crippen MR) is 216 cm³/mol. The van der Waals surface area contributed by atoms with Crippen LogP contribution in [0.4, 0.5) is 0 Å². The van der Waals surface area contributed by atoms with Gasteiger partial charge in [0.05, 0.1) is 6.61 Å². The van der Waals surface area contributed by atoms with Gasteiger partial charge in [-0.1, -0.05) is 153 Å². The molecule has 0 aliphatic heterocycles. The van der Waals surface area contributed by atoms with Gasteiger partial charge in [-0.15, -0.1) is 0 Å². The molecule has 304 valence electrons. The molecule has 2 atom stereocenters. The van der Waals surface area contributed by atoms with Gasteiger partial charge in [0.2, 0.25) is 0 Å². The SMILES string of the molecule is CCCCCC/C=C\C/C=C\CCCCCCCCCC(=O)OC(COC(=O)CCCCCCC/C=C\CCCCCCCC)COP(=O)(O)OC. The number of hydrogen-bond donors (Lipinski definition) is 1. The van der Waals surface area contributed by atoms with Gasteiger partial charge in [-0.2, -0.15) is 0 Å². The zero-order valence-corrected chi connectivity index (χ0v) is 34.6. The van der Waals surface area contributed by atoms with Crippen molar-refractivity contribution < 1.29 is 37.6 Å². The maximum atomic E-state index is 12.5. The molecule has 0 fully saturated rings. The minimum absolute atomic E-state index is 0.232. The second-order valence-corrected chi connectivity index (χ2v) is 15.7. The van der Waals surface area contributed by atoms with E-state index in [4.69, 9.17) is 14.0 Å². The highest BCUT2D eigenvalue weighted by atomic mass is 31.2. The van der Waals surface area contributed by atoms with Gasteiger partial charge in [0.15, 0.2) is 6.10 Å². The van der Waals surface area contributed by atoms with Crippen molar-refractivity contribution >= 4 is 19.8 Å². The number of rotatable bonds is 39. The molecule has 8 nitrogen and oxygen atoms in total. The minimum Gasteiger partial charge on any atom is -0.462 e. The lowest BCUT2D eigenvalue weighted by Gasteiger charge is -2.19. The van der Waals surface area contributed by atoms with E-state index in [9.17, 15) is 19.0 Å². The van der Waals surface area contributed by atoms with Crippen LogP contribution in [0.15, 0.2) is 36.5 Å². The highest BCUT2D eigenvalue weighted by molar-refractivity contribution is 7.47. The molecule has 1 N–H and O–H groups in total.